The zero-order chi connectivity index (χ0) is 38.5. The van der Waals surface area contributed by atoms with Gasteiger partial charge >= 0.3 is 6.03 Å². The van der Waals surface area contributed by atoms with Crippen LogP contribution >= 0.6 is 0 Å². The van der Waals surface area contributed by atoms with E-state index in [-0.39, 0.29) is 40.6 Å². The number of aromatic nitrogens is 2. The molecular weight excluding hydrogens is 701 g/mol. The molecule has 0 spiro atoms. The number of carbonyl (C=O) groups is 2. The number of urea groups is 1. The van der Waals surface area contributed by atoms with Gasteiger partial charge in [-0.05, 0) is 69.0 Å². The number of hydrogen-bond donors (Lipinski definition) is 3. The third-order valence-electron chi connectivity index (χ3n) is 9.89. The second-order valence-electron chi connectivity index (χ2n) is 13.6. The monoisotopic (exact) mass is 746 g/mol. The van der Waals surface area contributed by atoms with Crippen molar-refractivity contribution in [1.29, 1.82) is 0 Å². The highest BCUT2D eigenvalue weighted by Crippen LogP contribution is 2.31. The summed E-state index contributed by atoms with van der Waals surface area (Å²) in [5, 5.41) is 8.39. The lowest BCUT2D eigenvalue weighted by Crippen LogP contribution is -2.44. The van der Waals surface area contributed by atoms with Gasteiger partial charge in [-0.15, -0.1) is 0 Å². The second kappa shape index (κ2) is 16.7. The van der Waals surface area contributed by atoms with Crippen molar-refractivity contribution in [3.63, 3.8) is 0 Å². The van der Waals surface area contributed by atoms with E-state index >= 15 is 13.2 Å². The maximum Gasteiger partial charge on any atom is 0.327 e. The van der Waals surface area contributed by atoms with Crippen molar-refractivity contribution in [2.45, 2.75) is 13.5 Å². The summed E-state index contributed by atoms with van der Waals surface area (Å²) in [6.07, 6.45) is 1.33. The van der Waals surface area contributed by atoms with Crippen molar-refractivity contribution in [3.8, 4) is 5.75 Å². The molecule has 3 heterocycles. The largest absolute Gasteiger partial charge is 0.495 e. The van der Waals surface area contributed by atoms with Gasteiger partial charge in [0.25, 0.3) is 5.91 Å². The first-order valence-electron chi connectivity index (χ1n) is 17.6. The van der Waals surface area contributed by atoms with Crippen LogP contribution in [0.25, 0.3) is 0 Å². The van der Waals surface area contributed by atoms with Crippen LogP contribution in [-0.4, -0.2) is 117 Å². The quantitative estimate of drug-likeness (QED) is 0.183. The summed E-state index contributed by atoms with van der Waals surface area (Å²) in [4.78, 5) is 45.1. The molecule has 6 rings (SSSR count). The highest BCUT2D eigenvalue weighted by Gasteiger charge is 2.29. The molecule has 54 heavy (non-hydrogen) atoms. The molecule has 0 unspecified atom stereocenters. The lowest BCUT2D eigenvalue weighted by atomic mass is 10.0. The molecule has 3 aromatic carbocycles. The van der Waals surface area contributed by atoms with Crippen LogP contribution in [0.2, 0.25) is 0 Å². The molecule has 3 amide bonds. The Morgan fingerprint density at radius 2 is 1.46 bits per heavy atom. The minimum Gasteiger partial charge on any atom is -0.495 e. The van der Waals surface area contributed by atoms with E-state index in [0.717, 1.165) is 50.6 Å². The van der Waals surface area contributed by atoms with Crippen LogP contribution in [0.3, 0.4) is 0 Å². The van der Waals surface area contributed by atoms with Gasteiger partial charge < -0.3 is 35.4 Å². The highest BCUT2D eigenvalue weighted by atomic mass is 19.2. The molecule has 0 aliphatic carbocycles. The molecule has 1 aromatic heterocycles. The summed E-state index contributed by atoms with van der Waals surface area (Å²) in [5.74, 6) is -4.16. The molecule has 2 aliphatic rings. The van der Waals surface area contributed by atoms with Gasteiger partial charge in [-0.3, -0.25) is 14.6 Å². The first kappa shape index (κ1) is 38.3. The Labute approximate surface area is 312 Å². The van der Waals surface area contributed by atoms with Gasteiger partial charge in [0.2, 0.25) is 0 Å². The van der Waals surface area contributed by atoms with E-state index in [2.05, 4.69) is 59.8 Å². The Hall–Kier alpha value is -5.45. The van der Waals surface area contributed by atoms with Crippen molar-refractivity contribution in [3.05, 3.63) is 89.0 Å². The number of ether oxygens (including phenoxy) is 1. The van der Waals surface area contributed by atoms with E-state index in [1.54, 1.807) is 6.07 Å². The highest BCUT2D eigenvalue weighted by molar-refractivity contribution is 6.06. The molecule has 13 nitrogen and oxygen atoms in total. The Balaban J connectivity index is 1.12. The minimum atomic E-state index is -1.57. The number of nitrogens with one attached hydrogen (secondary N) is 3. The van der Waals surface area contributed by atoms with E-state index in [1.807, 2.05) is 24.1 Å². The molecule has 0 atom stereocenters. The topological polar surface area (TPSA) is 121 Å². The number of halogens is 3. The van der Waals surface area contributed by atoms with Gasteiger partial charge in [0, 0.05) is 94.6 Å². The number of benzene rings is 3. The molecule has 0 saturated carbocycles. The van der Waals surface area contributed by atoms with Gasteiger partial charge in [0.1, 0.15) is 35.1 Å². The zero-order valence-corrected chi connectivity index (χ0v) is 31.0. The summed E-state index contributed by atoms with van der Waals surface area (Å²) >= 11 is 0. The van der Waals surface area contributed by atoms with Gasteiger partial charge in [-0.25, -0.2) is 27.9 Å². The predicted octanol–water partition coefficient (Wildman–Crippen LogP) is 5.37. The van der Waals surface area contributed by atoms with Crippen molar-refractivity contribution in [2.75, 3.05) is 106 Å². The Morgan fingerprint density at radius 1 is 0.815 bits per heavy atom. The number of nitrogens with zero attached hydrogens (tertiary/aromatic N) is 7. The predicted molar refractivity (Wildman–Crippen MR) is 204 cm³/mol. The molecule has 4 aromatic rings. The van der Waals surface area contributed by atoms with Crippen LogP contribution < -0.4 is 30.5 Å². The van der Waals surface area contributed by atoms with E-state index in [9.17, 15) is 9.59 Å². The third kappa shape index (κ3) is 8.67. The molecule has 0 bridgehead atoms. The maximum atomic E-state index is 15.5. The van der Waals surface area contributed by atoms with Crippen LogP contribution in [0.15, 0.2) is 54.9 Å². The number of hydrogen-bond acceptors (Lipinski definition) is 10. The molecule has 2 saturated heterocycles. The van der Waals surface area contributed by atoms with E-state index in [0.29, 0.717) is 18.9 Å². The fourth-order valence-corrected chi connectivity index (χ4v) is 6.39. The first-order valence-corrected chi connectivity index (χ1v) is 17.6. The standard InChI is InChI=1S/C38H45F3N10O3/c1-24-28(22-50-16-12-47(2)13-17-50)35(40)36(41)33(34(24)39)37(52)45-26-8-11-30(54-5)29(20-26)46-38(53)49(4)32-21-31(42-23-43-32)44-25-6-9-27(10-7-25)51-18-14-48(3)15-19-51/h6-11,20-21,23H,12-19,22H2,1-5H3,(H,45,52)(H,46,53)(H,42,43,44). The average molecular weight is 747 g/mol. The Bertz CT molecular complexity index is 1960. The minimum absolute atomic E-state index is 0.0231. The number of rotatable bonds is 10. The molecule has 286 valence electrons. The number of anilines is 6. The van der Waals surface area contributed by atoms with E-state index in [4.69, 9.17) is 4.74 Å². The summed E-state index contributed by atoms with van der Waals surface area (Å²) in [6.45, 7) is 8.05. The number of amides is 3. The van der Waals surface area contributed by atoms with Gasteiger partial charge in [-0.1, -0.05) is 0 Å². The molecule has 2 aliphatic heterocycles. The number of likely N-dealkylation sites (N-methyl/N-ethyl adjacent to an activating group) is 2. The van der Waals surface area contributed by atoms with E-state index in [1.165, 1.54) is 50.5 Å². The summed E-state index contributed by atoms with van der Waals surface area (Å²) in [7, 11) is 7.00. The average Bonchev–Trinajstić information content (AvgIpc) is 3.17. The maximum absolute atomic E-state index is 15.5. The second-order valence-corrected chi connectivity index (χ2v) is 13.6. The SMILES string of the molecule is COc1ccc(NC(=O)c2c(F)c(C)c(CN3CCN(C)CC3)c(F)c2F)cc1NC(=O)N(C)c1cc(Nc2ccc(N3CCN(C)CC3)cc2)ncn1. The fourth-order valence-electron chi connectivity index (χ4n) is 6.39. The smallest absolute Gasteiger partial charge is 0.327 e. The first-order chi connectivity index (χ1) is 25.9. The van der Waals surface area contributed by atoms with Crippen LogP contribution in [0.4, 0.5) is 52.4 Å². The van der Waals surface area contributed by atoms with Crippen LogP contribution in [-0.2, 0) is 6.54 Å². The van der Waals surface area contributed by atoms with Crippen molar-refractivity contribution in [2.24, 2.45) is 0 Å². The summed E-state index contributed by atoms with van der Waals surface area (Å²) in [6, 6.07) is 13.3. The lowest BCUT2D eigenvalue weighted by Gasteiger charge is -2.34. The molecular formula is C38H45F3N10O3. The zero-order valence-electron chi connectivity index (χ0n) is 31.0. The molecule has 16 heteroatoms. The van der Waals surface area contributed by atoms with Gasteiger partial charge in [0.15, 0.2) is 11.6 Å². The summed E-state index contributed by atoms with van der Waals surface area (Å²) < 4.78 is 51.6. The lowest BCUT2D eigenvalue weighted by molar-refractivity contribution is 0.101. The van der Waals surface area contributed by atoms with Crippen LogP contribution in [0.5, 0.6) is 5.75 Å². The number of methoxy groups -OCH3 is 1. The van der Waals surface area contributed by atoms with Crippen molar-refractivity contribution in [1.82, 2.24) is 24.7 Å². The van der Waals surface area contributed by atoms with Crippen molar-refractivity contribution >= 4 is 46.3 Å². The molecule has 3 N–H and O–H groups in total. The molecule has 2 fully saturated rings. The van der Waals surface area contributed by atoms with Crippen molar-refractivity contribution < 1.29 is 27.5 Å². The van der Waals surface area contributed by atoms with E-state index < -0.39 is 35.0 Å². The van der Waals surface area contributed by atoms with Crippen LogP contribution in [0, 0.1) is 24.4 Å². The number of carbonyl (C=O) groups excluding carboxylic acids is 2. The fraction of sp³-hybridized carbons (Fsp3) is 0.368. The van der Waals surface area contributed by atoms with Gasteiger partial charge in [-0.2, -0.15) is 0 Å². The Kier molecular flexibility index (Phi) is 11.8. The normalized spacial score (nSPS) is 15.5. The third-order valence-corrected chi connectivity index (χ3v) is 9.89. The number of piperazine rings is 2. The van der Waals surface area contributed by atoms with Gasteiger partial charge in [0.05, 0.1) is 12.8 Å². The summed E-state index contributed by atoms with van der Waals surface area (Å²) in [5.41, 5.74) is 0.884. The molecule has 0 radical (unpaired) electrons. The Morgan fingerprint density at radius 3 is 2.13 bits per heavy atom. The van der Waals surface area contributed by atoms with Crippen LogP contribution in [0.1, 0.15) is 21.5 Å².